The molecule has 132 valence electrons. The normalized spacial score (nSPS) is 15.4. The van der Waals surface area contributed by atoms with E-state index < -0.39 is 0 Å². The van der Waals surface area contributed by atoms with E-state index in [2.05, 4.69) is 24.1 Å². The minimum absolute atomic E-state index is 0.0149. The third-order valence-corrected chi connectivity index (χ3v) is 4.23. The molecule has 2 rings (SSSR count). The van der Waals surface area contributed by atoms with Gasteiger partial charge in [-0.15, -0.1) is 0 Å². The lowest BCUT2D eigenvalue weighted by Crippen LogP contribution is -2.52. The third kappa shape index (κ3) is 4.71. The topological polar surface area (TPSA) is 61.9 Å². The van der Waals surface area contributed by atoms with Crippen LogP contribution in [0, 0.1) is 0 Å². The smallest absolute Gasteiger partial charge is 0.255 e. The molecule has 6 nitrogen and oxygen atoms in total. The Hall–Kier alpha value is -2.08. The van der Waals surface area contributed by atoms with Crippen molar-refractivity contribution in [3.05, 3.63) is 29.8 Å². The van der Waals surface area contributed by atoms with Gasteiger partial charge in [-0.2, -0.15) is 0 Å². The molecule has 24 heavy (non-hydrogen) atoms. The Balaban J connectivity index is 1.85. The molecule has 1 aliphatic heterocycles. The van der Waals surface area contributed by atoms with Crippen LogP contribution in [0.25, 0.3) is 0 Å². The van der Waals surface area contributed by atoms with Gasteiger partial charge in [-0.05, 0) is 32.9 Å². The Morgan fingerprint density at radius 1 is 1.17 bits per heavy atom. The predicted octanol–water partition coefficient (Wildman–Crippen LogP) is 1.37. The number of para-hydroxylation sites is 1. The number of nitrogens with one attached hydrogen (secondary N) is 1. The molecule has 0 aliphatic carbocycles. The second kappa shape index (κ2) is 8.68. The number of rotatable bonds is 6. The third-order valence-electron chi connectivity index (χ3n) is 4.23. The minimum atomic E-state index is -0.284. The van der Waals surface area contributed by atoms with Gasteiger partial charge in [0.15, 0.2) is 0 Å². The van der Waals surface area contributed by atoms with Crippen LogP contribution in [0.15, 0.2) is 24.3 Å². The minimum Gasteiger partial charge on any atom is -0.493 e. The number of piperazine rings is 1. The summed E-state index contributed by atoms with van der Waals surface area (Å²) in [7, 11) is 0. The van der Waals surface area contributed by atoms with Crippen LogP contribution >= 0.6 is 0 Å². The van der Waals surface area contributed by atoms with Crippen LogP contribution in [0.3, 0.4) is 0 Å². The van der Waals surface area contributed by atoms with E-state index in [1.54, 1.807) is 18.2 Å². The summed E-state index contributed by atoms with van der Waals surface area (Å²) in [4.78, 5) is 28.7. The van der Waals surface area contributed by atoms with E-state index in [1.165, 1.54) is 0 Å². The van der Waals surface area contributed by atoms with Gasteiger partial charge in [0.1, 0.15) is 5.75 Å². The second-order valence-electron chi connectivity index (χ2n) is 6.12. The Bertz CT molecular complexity index is 566. The lowest BCUT2D eigenvalue weighted by Gasteiger charge is -2.36. The summed E-state index contributed by atoms with van der Waals surface area (Å²) < 4.78 is 5.45. The molecule has 0 radical (unpaired) electrons. The van der Waals surface area contributed by atoms with Gasteiger partial charge in [0.25, 0.3) is 5.91 Å². The summed E-state index contributed by atoms with van der Waals surface area (Å²) in [5.41, 5.74) is 0.455. The van der Waals surface area contributed by atoms with Gasteiger partial charge >= 0.3 is 0 Å². The van der Waals surface area contributed by atoms with Gasteiger partial charge in [-0.25, -0.2) is 0 Å². The monoisotopic (exact) mass is 333 g/mol. The number of nitrogens with zero attached hydrogens (tertiary/aromatic N) is 2. The van der Waals surface area contributed by atoms with Crippen molar-refractivity contribution in [2.45, 2.75) is 26.8 Å². The fourth-order valence-corrected chi connectivity index (χ4v) is 2.79. The lowest BCUT2D eigenvalue weighted by molar-refractivity contribution is -0.132. The summed E-state index contributed by atoms with van der Waals surface area (Å²) in [5, 5.41) is 2.71. The van der Waals surface area contributed by atoms with Crippen LogP contribution in [0.5, 0.6) is 5.75 Å². The molecule has 0 aromatic heterocycles. The fourth-order valence-electron chi connectivity index (χ4n) is 2.79. The van der Waals surface area contributed by atoms with Crippen molar-refractivity contribution < 1.29 is 14.3 Å². The van der Waals surface area contributed by atoms with Gasteiger partial charge < -0.3 is 15.0 Å². The van der Waals surface area contributed by atoms with Crippen LogP contribution < -0.4 is 10.1 Å². The van der Waals surface area contributed by atoms with Crippen molar-refractivity contribution >= 4 is 11.8 Å². The molecule has 1 heterocycles. The molecule has 0 spiro atoms. The first-order valence-corrected chi connectivity index (χ1v) is 8.54. The molecule has 1 aromatic carbocycles. The molecule has 1 N–H and O–H groups in total. The van der Waals surface area contributed by atoms with Crippen molar-refractivity contribution in [1.82, 2.24) is 15.1 Å². The van der Waals surface area contributed by atoms with Crippen LogP contribution in [-0.4, -0.2) is 67.0 Å². The van der Waals surface area contributed by atoms with Crippen molar-refractivity contribution in [3.8, 4) is 5.75 Å². The first kappa shape index (κ1) is 18.3. The highest BCUT2D eigenvalue weighted by atomic mass is 16.5. The molecule has 1 saturated heterocycles. The molecule has 2 amide bonds. The lowest BCUT2D eigenvalue weighted by atomic mass is 10.2. The zero-order valence-corrected chi connectivity index (χ0v) is 14.7. The van der Waals surface area contributed by atoms with E-state index >= 15 is 0 Å². The van der Waals surface area contributed by atoms with Crippen LogP contribution in [0.4, 0.5) is 0 Å². The molecule has 0 saturated carbocycles. The highest BCUT2D eigenvalue weighted by Crippen LogP contribution is 2.17. The average molecular weight is 333 g/mol. The first-order valence-electron chi connectivity index (χ1n) is 8.54. The molecular formula is C18H27N3O3. The van der Waals surface area contributed by atoms with Gasteiger partial charge in [0.05, 0.1) is 18.7 Å². The second-order valence-corrected chi connectivity index (χ2v) is 6.12. The van der Waals surface area contributed by atoms with Crippen LogP contribution in [-0.2, 0) is 4.79 Å². The number of carbonyl (C=O) groups is 2. The van der Waals surface area contributed by atoms with Crippen molar-refractivity contribution in [2.75, 3.05) is 39.3 Å². The van der Waals surface area contributed by atoms with Gasteiger partial charge in [-0.3, -0.25) is 14.5 Å². The van der Waals surface area contributed by atoms with Gasteiger partial charge in [0, 0.05) is 32.2 Å². The number of amides is 2. The molecule has 0 atom stereocenters. The highest BCUT2D eigenvalue weighted by molar-refractivity contribution is 5.98. The maximum Gasteiger partial charge on any atom is 0.255 e. The summed E-state index contributed by atoms with van der Waals surface area (Å²) in [6.45, 7) is 9.88. The standard InChI is InChI=1S/C18H27N3O3/c1-4-24-16-8-6-5-7-15(16)18(23)19-13-17(22)21-11-9-20(10-12-21)14(2)3/h5-8,14H,4,9-13H2,1-3H3,(H,19,23). The van der Waals surface area contributed by atoms with E-state index in [0.717, 1.165) is 13.1 Å². The Labute approximate surface area is 143 Å². The number of carbonyl (C=O) groups excluding carboxylic acids is 2. The zero-order valence-electron chi connectivity index (χ0n) is 14.7. The first-order chi connectivity index (χ1) is 11.5. The number of hydrogen-bond donors (Lipinski definition) is 1. The molecule has 1 aromatic rings. The Morgan fingerprint density at radius 2 is 1.83 bits per heavy atom. The van der Waals surface area contributed by atoms with Crippen LogP contribution in [0.2, 0.25) is 0 Å². The van der Waals surface area contributed by atoms with Gasteiger partial charge in [0.2, 0.25) is 5.91 Å². The largest absolute Gasteiger partial charge is 0.493 e. The molecule has 6 heteroatoms. The number of ether oxygens (including phenoxy) is 1. The Morgan fingerprint density at radius 3 is 2.46 bits per heavy atom. The molecule has 1 fully saturated rings. The van der Waals surface area contributed by atoms with Crippen LogP contribution in [0.1, 0.15) is 31.1 Å². The molecule has 1 aliphatic rings. The Kier molecular flexibility index (Phi) is 6.61. The quantitative estimate of drug-likeness (QED) is 0.854. The average Bonchev–Trinajstić information content (AvgIpc) is 2.60. The highest BCUT2D eigenvalue weighted by Gasteiger charge is 2.23. The maximum atomic E-state index is 12.3. The maximum absolute atomic E-state index is 12.3. The van der Waals surface area contributed by atoms with Gasteiger partial charge in [-0.1, -0.05) is 12.1 Å². The number of benzene rings is 1. The summed E-state index contributed by atoms with van der Waals surface area (Å²) in [6.07, 6.45) is 0. The SMILES string of the molecule is CCOc1ccccc1C(=O)NCC(=O)N1CCN(C(C)C)CC1. The zero-order chi connectivity index (χ0) is 17.5. The van der Waals surface area contributed by atoms with E-state index in [0.29, 0.717) is 37.1 Å². The molecule has 0 unspecified atom stereocenters. The molecular weight excluding hydrogens is 306 g/mol. The van der Waals surface area contributed by atoms with E-state index in [9.17, 15) is 9.59 Å². The fraction of sp³-hybridized carbons (Fsp3) is 0.556. The van der Waals surface area contributed by atoms with E-state index in [4.69, 9.17) is 4.74 Å². The molecule has 0 bridgehead atoms. The van der Waals surface area contributed by atoms with Crippen molar-refractivity contribution in [1.29, 1.82) is 0 Å². The summed E-state index contributed by atoms with van der Waals surface area (Å²) in [6, 6.07) is 7.56. The summed E-state index contributed by atoms with van der Waals surface area (Å²) in [5.74, 6) is 0.212. The van der Waals surface area contributed by atoms with Crippen molar-refractivity contribution in [3.63, 3.8) is 0 Å². The van der Waals surface area contributed by atoms with E-state index in [-0.39, 0.29) is 18.4 Å². The van der Waals surface area contributed by atoms with Crippen molar-refractivity contribution in [2.24, 2.45) is 0 Å². The van der Waals surface area contributed by atoms with E-state index in [1.807, 2.05) is 17.9 Å². The number of hydrogen-bond acceptors (Lipinski definition) is 4. The summed E-state index contributed by atoms with van der Waals surface area (Å²) >= 11 is 0. The predicted molar refractivity (Wildman–Crippen MR) is 93.2 cm³/mol.